The van der Waals surface area contributed by atoms with Gasteiger partial charge < -0.3 is 4.74 Å². The molecule has 0 bridgehead atoms. The minimum atomic E-state index is -0.344. The fourth-order valence-corrected chi connectivity index (χ4v) is 2.92. The van der Waals surface area contributed by atoms with E-state index in [0.29, 0.717) is 22.9 Å². The van der Waals surface area contributed by atoms with Crippen molar-refractivity contribution in [2.45, 2.75) is 13.3 Å². The highest BCUT2D eigenvalue weighted by Gasteiger charge is 2.15. The largest absolute Gasteiger partial charge is 0.462 e. The lowest BCUT2D eigenvalue weighted by atomic mass is 10.1. The van der Waals surface area contributed by atoms with E-state index in [0.717, 1.165) is 16.1 Å². The summed E-state index contributed by atoms with van der Waals surface area (Å²) in [4.78, 5) is 16.5. The molecule has 0 N–H and O–H groups in total. The van der Waals surface area contributed by atoms with Gasteiger partial charge in [0, 0.05) is 10.6 Å². The first-order chi connectivity index (χ1) is 9.67. The minimum Gasteiger partial charge on any atom is -0.462 e. The SMILES string of the molecule is C=CCc1c(Cl)cccc1-c1ncc(C(=O)OCC)s1. The highest BCUT2D eigenvalue weighted by Crippen LogP contribution is 2.32. The van der Waals surface area contributed by atoms with Crippen molar-refractivity contribution >= 4 is 28.9 Å². The van der Waals surface area contributed by atoms with Crippen LogP contribution in [0.1, 0.15) is 22.2 Å². The van der Waals surface area contributed by atoms with Gasteiger partial charge in [0.15, 0.2) is 0 Å². The van der Waals surface area contributed by atoms with E-state index in [1.807, 2.05) is 18.2 Å². The summed E-state index contributed by atoms with van der Waals surface area (Å²) in [6.45, 7) is 5.87. The first-order valence-electron chi connectivity index (χ1n) is 6.19. The minimum absolute atomic E-state index is 0.344. The Morgan fingerprint density at radius 1 is 1.55 bits per heavy atom. The second-order valence-corrected chi connectivity index (χ2v) is 5.45. The molecule has 3 nitrogen and oxygen atoms in total. The van der Waals surface area contributed by atoms with Crippen LogP contribution >= 0.6 is 22.9 Å². The summed E-state index contributed by atoms with van der Waals surface area (Å²) in [7, 11) is 0. The van der Waals surface area contributed by atoms with Gasteiger partial charge in [-0.1, -0.05) is 29.8 Å². The van der Waals surface area contributed by atoms with Crippen LogP contribution in [0.4, 0.5) is 0 Å². The zero-order valence-electron chi connectivity index (χ0n) is 11.1. The molecule has 2 aromatic rings. The van der Waals surface area contributed by atoms with Gasteiger partial charge in [-0.05, 0) is 25.0 Å². The third-order valence-electron chi connectivity index (χ3n) is 2.68. The number of carbonyl (C=O) groups excluding carboxylic acids is 1. The molecule has 0 amide bonds. The predicted molar refractivity (Wildman–Crippen MR) is 82.4 cm³/mol. The van der Waals surface area contributed by atoms with E-state index >= 15 is 0 Å². The highest BCUT2D eigenvalue weighted by atomic mass is 35.5. The van der Waals surface area contributed by atoms with Crippen molar-refractivity contribution in [1.82, 2.24) is 4.98 Å². The molecule has 0 fully saturated rings. The number of benzene rings is 1. The van der Waals surface area contributed by atoms with E-state index < -0.39 is 0 Å². The molecule has 0 saturated carbocycles. The number of nitrogens with zero attached hydrogens (tertiary/aromatic N) is 1. The van der Waals surface area contributed by atoms with Crippen LogP contribution in [0, 0.1) is 0 Å². The van der Waals surface area contributed by atoms with Crippen LogP contribution in [0.5, 0.6) is 0 Å². The van der Waals surface area contributed by atoms with Gasteiger partial charge in [0.25, 0.3) is 0 Å². The number of esters is 1. The first kappa shape index (κ1) is 14.8. The maximum atomic E-state index is 11.7. The Bertz CT molecular complexity index is 637. The molecule has 1 aromatic carbocycles. The number of thiazole rings is 1. The second kappa shape index (κ2) is 6.68. The van der Waals surface area contributed by atoms with Gasteiger partial charge in [0.1, 0.15) is 9.88 Å². The topological polar surface area (TPSA) is 39.2 Å². The number of aromatic nitrogens is 1. The van der Waals surface area contributed by atoms with Gasteiger partial charge in [0.2, 0.25) is 0 Å². The Morgan fingerprint density at radius 3 is 3.05 bits per heavy atom. The summed E-state index contributed by atoms with van der Waals surface area (Å²) in [6, 6.07) is 5.65. The third kappa shape index (κ3) is 3.08. The molecular weight excluding hydrogens is 294 g/mol. The maximum absolute atomic E-state index is 11.7. The fourth-order valence-electron chi connectivity index (χ4n) is 1.81. The Balaban J connectivity index is 2.39. The second-order valence-electron chi connectivity index (χ2n) is 4.01. The summed E-state index contributed by atoms with van der Waals surface area (Å²) < 4.78 is 4.97. The molecule has 0 aliphatic carbocycles. The smallest absolute Gasteiger partial charge is 0.349 e. The lowest BCUT2D eigenvalue weighted by molar-refractivity contribution is 0.0532. The number of halogens is 1. The maximum Gasteiger partial charge on any atom is 0.349 e. The van der Waals surface area contributed by atoms with Crippen LogP contribution in [-0.4, -0.2) is 17.6 Å². The van der Waals surface area contributed by atoms with Crippen molar-refractivity contribution in [3.63, 3.8) is 0 Å². The zero-order valence-corrected chi connectivity index (χ0v) is 12.6. The normalized spacial score (nSPS) is 10.3. The van der Waals surface area contributed by atoms with Gasteiger partial charge in [-0.2, -0.15) is 0 Å². The molecule has 5 heteroatoms. The first-order valence-corrected chi connectivity index (χ1v) is 7.38. The molecule has 104 valence electrons. The van der Waals surface area contributed by atoms with Crippen LogP contribution in [0.15, 0.2) is 37.1 Å². The number of hydrogen-bond acceptors (Lipinski definition) is 4. The zero-order chi connectivity index (χ0) is 14.5. The molecule has 0 aliphatic rings. The van der Waals surface area contributed by atoms with E-state index in [-0.39, 0.29) is 5.97 Å². The van der Waals surface area contributed by atoms with Gasteiger partial charge in [0.05, 0.1) is 12.8 Å². The Labute approximate surface area is 126 Å². The molecule has 20 heavy (non-hydrogen) atoms. The van der Waals surface area contributed by atoms with Crippen molar-refractivity contribution in [2.24, 2.45) is 0 Å². The van der Waals surface area contributed by atoms with E-state index in [9.17, 15) is 4.79 Å². The van der Waals surface area contributed by atoms with Crippen molar-refractivity contribution in [2.75, 3.05) is 6.61 Å². The standard InChI is InChI=1S/C15H14ClNO2S/c1-3-6-10-11(7-5-8-12(10)16)14-17-9-13(20-14)15(18)19-4-2/h3,5,7-9H,1,4,6H2,2H3. The molecule has 0 unspecified atom stereocenters. The average Bonchev–Trinajstić information content (AvgIpc) is 2.91. The molecule has 0 atom stereocenters. The Kier molecular flexibility index (Phi) is 4.93. The van der Waals surface area contributed by atoms with E-state index in [1.165, 1.54) is 17.5 Å². The van der Waals surface area contributed by atoms with Crippen LogP contribution < -0.4 is 0 Å². The van der Waals surface area contributed by atoms with Crippen LogP contribution in [0.25, 0.3) is 10.6 Å². The quantitative estimate of drug-likeness (QED) is 0.608. The lowest BCUT2D eigenvalue weighted by Crippen LogP contribution is -2.01. The molecule has 0 spiro atoms. The van der Waals surface area contributed by atoms with Gasteiger partial charge >= 0.3 is 5.97 Å². The molecule has 0 radical (unpaired) electrons. The van der Waals surface area contributed by atoms with Crippen molar-refractivity contribution in [3.05, 3.63) is 52.5 Å². The van der Waals surface area contributed by atoms with Crippen molar-refractivity contribution in [3.8, 4) is 10.6 Å². The Morgan fingerprint density at radius 2 is 2.35 bits per heavy atom. The summed E-state index contributed by atoms with van der Waals surface area (Å²) in [5.74, 6) is -0.344. The third-order valence-corrected chi connectivity index (χ3v) is 4.04. The fraction of sp³-hybridized carbons (Fsp3) is 0.200. The Hall–Kier alpha value is -1.65. The van der Waals surface area contributed by atoms with E-state index in [4.69, 9.17) is 16.3 Å². The average molecular weight is 308 g/mol. The summed E-state index contributed by atoms with van der Waals surface area (Å²) in [5, 5.41) is 1.43. The molecule has 1 heterocycles. The molecule has 0 aliphatic heterocycles. The summed E-state index contributed by atoms with van der Waals surface area (Å²) >= 11 is 7.52. The number of hydrogen-bond donors (Lipinski definition) is 0. The summed E-state index contributed by atoms with van der Waals surface area (Å²) in [5.41, 5.74) is 1.90. The molecule has 0 saturated heterocycles. The van der Waals surface area contributed by atoms with Crippen LogP contribution in [-0.2, 0) is 11.2 Å². The van der Waals surface area contributed by atoms with Gasteiger partial charge in [-0.3, -0.25) is 0 Å². The predicted octanol–water partition coefficient (Wildman–Crippen LogP) is 4.37. The number of carbonyl (C=O) groups is 1. The van der Waals surface area contributed by atoms with Gasteiger partial charge in [-0.25, -0.2) is 9.78 Å². The van der Waals surface area contributed by atoms with Gasteiger partial charge in [-0.15, -0.1) is 17.9 Å². The lowest BCUT2D eigenvalue weighted by Gasteiger charge is -2.07. The molecule has 2 rings (SSSR count). The van der Waals surface area contributed by atoms with E-state index in [2.05, 4.69) is 11.6 Å². The van der Waals surface area contributed by atoms with E-state index in [1.54, 1.807) is 13.0 Å². The van der Waals surface area contributed by atoms with Crippen molar-refractivity contribution in [1.29, 1.82) is 0 Å². The highest BCUT2D eigenvalue weighted by molar-refractivity contribution is 7.16. The number of ether oxygens (including phenoxy) is 1. The number of rotatable bonds is 5. The number of allylic oxidation sites excluding steroid dienone is 1. The summed E-state index contributed by atoms with van der Waals surface area (Å²) in [6.07, 6.45) is 3.99. The van der Waals surface area contributed by atoms with Crippen molar-refractivity contribution < 1.29 is 9.53 Å². The van der Waals surface area contributed by atoms with Crippen LogP contribution in [0.2, 0.25) is 5.02 Å². The molecule has 1 aromatic heterocycles. The monoisotopic (exact) mass is 307 g/mol. The van der Waals surface area contributed by atoms with Crippen LogP contribution in [0.3, 0.4) is 0 Å². The molecular formula is C15H14ClNO2S.